The number of carbonyl (C=O) groups excluding carboxylic acids is 2. The Morgan fingerprint density at radius 1 is 1.25 bits per heavy atom. The van der Waals surface area contributed by atoms with E-state index in [9.17, 15) is 9.59 Å². The average molecular weight is 338 g/mol. The molecule has 2 rings (SSSR count). The third kappa shape index (κ3) is 4.49. The topological polar surface area (TPSA) is 112 Å². The summed E-state index contributed by atoms with van der Waals surface area (Å²) in [5, 5.41) is 14.5. The van der Waals surface area contributed by atoms with Gasteiger partial charge in [0.05, 0.1) is 23.8 Å². The van der Waals surface area contributed by atoms with E-state index in [0.29, 0.717) is 23.7 Å². The molecule has 134 valence electrons. The normalized spacial score (nSPS) is 23.2. The maximum absolute atomic E-state index is 12.6. The number of carbonyl (C=O) groups is 2. The smallest absolute Gasteiger partial charge is 0.420 e. The van der Waals surface area contributed by atoms with E-state index in [1.54, 1.807) is 12.2 Å². The number of nitrogens with two attached hydrogens (primary N) is 2. The Kier molecular flexibility index (Phi) is 6.26. The number of nitrogens with one attached hydrogen (secondary N) is 2. The lowest BCUT2D eigenvalue weighted by Gasteiger charge is -2.18. The molecule has 1 aliphatic heterocycles. The SMILES string of the molecule is CCOC(=O)[NH2+]C([NH2+]C(=O)C1CCCCC1)=C1CNC(C)(C)C1=N. The van der Waals surface area contributed by atoms with Crippen molar-refractivity contribution < 1.29 is 25.0 Å². The molecule has 0 aromatic rings. The summed E-state index contributed by atoms with van der Waals surface area (Å²) in [5.41, 5.74) is 0.674. The van der Waals surface area contributed by atoms with Crippen LogP contribution in [-0.2, 0) is 9.53 Å². The summed E-state index contributed by atoms with van der Waals surface area (Å²) >= 11 is 0. The Hall–Kier alpha value is -1.57. The van der Waals surface area contributed by atoms with Crippen molar-refractivity contribution in [2.45, 2.75) is 58.4 Å². The maximum Gasteiger partial charge on any atom is 0.522 e. The molecule has 6 N–H and O–H groups in total. The van der Waals surface area contributed by atoms with Crippen LogP contribution in [0.5, 0.6) is 0 Å². The molecule has 1 aliphatic carbocycles. The highest BCUT2D eigenvalue weighted by molar-refractivity contribution is 6.07. The molecule has 0 aromatic heterocycles. The highest BCUT2D eigenvalue weighted by atomic mass is 16.5. The van der Waals surface area contributed by atoms with Crippen LogP contribution in [0.25, 0.3) is 0 Å². The Morgan fingerprint density at radius 2 is 1.92 bits per heavy atom. The van der Waals surface area contributed by atoms with Crippen molar-refractivity contribution >= 4 is 17.7 Å². The predicted octanol–water partition coefficient (Wildman–Crippen LogP) is -0.0102. The molecule has 2 aliphatic rings. The van der Waals surface area contributed by atoms with E-state index in [1.807, 2.05) is 13.8 Å². The third-order valence-corrected chi connectivity index (χ3v) is 4.85. The van der Waals surface area contributed by atoms with Crippen molar-refractivity contribution in [2.24, 2.45) is 5.92 Å². The summed E-state index contributed by atoms with van der Waals surface area (Å²) in [6.45, 7) is 6.36. The molecule has 1 heterocycles. The lowest BCUT2D eigenvalue weighted by molar-refractivity contribution is -0.706. The molecule has 7 heteroatoms. The van der Waals surface area contributed by atoms with E-state index in [2.05, 4.69) is 5.32 Å². The van der Waals surface area contributed by atoms with E-state index >= 15 is 0 Å². The number of ether oxygens (including phenoxy) is 1. The second-order valence-corrected chi connectivity index (χ2v) is 7.07. The Balaban J connectivity index is 2.18. The minimum atomic E-state index is -0.467. The quantitative estimate of drug-likeness (QED) is 0.577. The van der Waals surface area contributed by atoms with E-state index < -0.39 is 11.6 Å². The van der Waals surface area contributed by atoms with E-state index in [0.717, 1.165) is 25.7 Å². The second kappa shape index (κ2) is 8.00. The lowest BCUT2D eigenvalue weighted by Crippen LogP contribution is -3.06. The molecule has 24 heavy (non-hydrogen) atoms. The fraction of sp³-hybridized carbons (Fsp3) is 0.706. The monoisotopic (exact) mass is 338 g/mol. The largest absolute Gasteiger partial charge is 0.522 e. The minimum absolute atomic E-state index is 0.0431. The van der Waals surface area contributed by atoms with Gasteiger partial charge in [-0.2, -0.15) is 10.1 Å². The second-order valence-electron chi connectivity index (χ2n) is 7.07. The summed E-state index contributed by atoms with van der Waals surface area (Å²) in [6, 6.07) is 0. The van der Waals surface area contributed by atoms with Crippen molar-refractivity contribution in [3.63, 3.8) is 0 Å². The highest BCUT2D eigenvalue weighted by Crippen LogP contribution is 2.23. The van der Waals surface area contributed by atoms with Gasteiger partial charge in [-0.1, -0.05) is 19.3 Å². The lowest BCUT2D eigenvalue weighted by atomic mass is 9.88. The minimum Gasteiger partial charge on any atom is -0.420 e. The fourth-order valence-electron chi connectivity index (χ4n) is 3.29. The van der Waals surface area contributed by atoms with Crippen LogP contribution < -0.4 is 16.0 Å². The number of rotatable bonds is 4. The molecule has 1 saturated heterocycles. The fourth-order valence-corrected chi connectivity index (χ4v) is 3.29. The number of hydrogen-bond acceptors (Lipinski definition) is 5. The summed E-state index contributed by atoms with van der Waals surface area (Å²) in [4.78, 5) is 24.5. The van der Waals surface area contributed by atoms with Crippen LogP contribution in [0, 0.1) is 11.3 Å². The molecule has 0 radical (unpaired) electrons. The van der Waals surface area contributed by atoms with E-state index in [1.165, 1.54) is 11.7 Å². The van der Waals surface area contributed by atoms with Gasteiger partial charge in [-0.25, -0.2) is 10.1 Å². The number of hydrogen-bond donors (Lipinski definition) is 4. The van der Waals surface area contributed by atoms with E-state index in [-0.39, 0.29) is 18.4 Å². The Morgan fingerprint density at radius 3 is 2.46 bits per heavy atom. The molecule has 1 saturated carbocycles. The first-order chi connectivity index (χ1) is 11.3. The standard InChI is InChI=1S/C17H28N4O3/c1-4-24-16(23)21-14(12-10-19-17(2,3)13(12)18)20-15(22)11-8-6-5-7-9-11/h11,18-19H,4-10H2,1-3H3,(H,20,22)(H,21,23)/p+2. The molecular weight excluding hydrogens is 308 g/mol. The van der Waals surface area contributed by atoms with Gasteiger partial charge in [-0.3, -0.25) is 0 Å². The van der Waals surface area contributed by atoms with Crippen LogP contribution >= 0.6 is 0 Å². The summed E-state index contributed by atoms with van der Waals surface area (Å²) < 4.78 is 5.00. The van der Waals surface area contributed by atoms with Gasteiger partial charge >= 0.3 is 17.8 Å². The average Bonchev–Trinajstić information content (AvgIpc) is 2.82. The molecular formula is C17H30N4O3+2. The zero-order valence-electron chi connectivity index (χ0n) is 14.9. The van der Waals surface area contributed by atoms with Gasteiger partial charge in [0.2, 0.25) is 0 Å². The third-order valence-electron chi connectivity index (χ3n) is 4.85. The van der Waals surface area contributed by atoms with Gasteiger partial charge in [0.15, 0.2) is 0 Å². The van der Waals surface area contributed by atoms with Crippen molar-refractivity contribution in [2.75, 3.05) is 13.2 Å². The van der Waals surface area contributed by atoms with Crippen molar-refractivity contribution in [3.8, 4) is 0 Å². The van der Waals surface area contributed by atoms with Crippen LogP contribution in [0.1, 0.15) is 52.9 Å². The van der Waals surface area contributed by atoms with Crippen LogP contribution in [0.15, 0.2) is 11.4 Å². The molecule has 2 amide bonds. The Bertz CT molecular complexity index is 548. The molecule has 2 fully saturated rings. The molecule has 0 aromatic carbocycles. The molecule has 0 spiro atoms. The maximum atomic E-state index is 12.6. The molecule has 0 bridgehead atoms. The van der Waals surface area contributed by atoms with Crippen molar-refractivity contribution in [1.82, 2.24) is 5.32 Å². The van der Waals surface area contributed by atoms with Gasteiger partial charge in [0.25, 0.3) is 0 Å². The van der Waals surface area contributed by atoms with Gasteiger partial charge in [-0.05, 0) is 33.6 Å². The summed E-state index contributed by atoms with van der Waals surface area (Å²) in [5.74, 6) is 0.629. The number of primary amides is 2. The van der Waals surface area contributed by atoms with Crippen LogP contribution in [0.2, 0.25) is 0 Å². The van der Waals surface area contributed by atoms with Crippen molar-refractivity contribution in [3.05, 3.63) is 11.4 Å². The van der Waals surface area contributed by atoms with Gasteiger partial charge in [-0.15, -0.1) is 0 Å². The highest BCUT2D eigenvalue weighted by Gasteiger charge is 2.40. The van der Waals surface area contributed by atoms with Crippen LogP contribution in [0.4, 0.5) is 4.79 Å². The molecule has 7 nitrogen and oxygen atoms in total. The molecule has 0 atom stereocenters. The zero-order chi connectivity index (χ0) is 17.7. The number of amides is 2. The van der Waals surface area contributed by atoms with Gasteiger partial charge in [0.1, 0.15) is 5.57 Å². The van der Waals surface area contributed by atoms with Gasteiger partial charge < -0.3 is 15.5 Å². The summed E-state index contributed by atoms with van der Waals surface area (Å²) in [6.07, 6.45) is 4.72. The first kappa shape index (κ1) is 18.8. The van der Waals surface area contributed by atoms with E-state index in [4.69, 9.17) is 10.1 Å². The number of quaternary nitrogens is 2. The first-order valence-electron chi connectivity index (χ1n) is 8.83. The van der Waals surface area contributed by atoms with Crippen LogP contribution in [-0.4, -0.2) is 36.4 Å². The Labute approximate surface area is 143 Å². The first-order valence-corrected chi connectivity index (χ1v) is 8.83. The van der Waals surface area contributed by atoms with Crippen LogP contribution in [0.3, 0.4) is 0 Å². The predicted molar refractivity (Wildman–Crippen MR) is 89.3 cm³/mol. The summed E-state index contributed by atoms with van der Waals surface area (Å²) in [7, 11) is 0. The van der Waals surface area contributed by atoms with Gasteiger partial charge in [0, 0.05) is 6.54 Å². The zero-order valence-corrected chi connectivity index (χ0v) is 14.9. The molecule has 0 unspecified atom stereocenters. The van der Waals surface area contributed by atoms with Crippen molar-refractivity contribution in [1.29, 1.82) is 5.41 Å².